The number of carbonyl (C=O) groups excluding carboxylic acids is 1. The fourth-order valence-electron chi connectivity index (χ4n) is 1.98. The van der Waals surface area contributed by atoms with Crippen molar-refractivity contribution in [2.75, 3.05) is 5.32 Å². The van der Waals surface area contributed by atoms with Crippen molar-refractivity contribution in [1.82, 2.24) is 0 Å². The van der Waals surface area contributed by atoms with Crippen molar-refractivity contribution in [2.24, 2.45) is 0 Å². The Labute approximate surface area is 134 Å². The highest BCUT2D eigenvalue weighted by molar-refractivity contribution is 7.12. The van der Waals surface area contributed by atoms with Gasteiger partial charge in [-0.3, -0.25) is 4.79 Å². The molecule has 0 radical (unpaired) electrons. The number of hydrogen-bond donors (Lipinski definition) is 1. The van der Waals surface area contributed by atoms with E-state index in [1.165, 1.54) is 10.4 Å². The van der Waals surface area contributed by atoms with Crippen LogP contribution in [0, 0.1) is 11.3 Å². The zero-order valence-electron chi connectivity index (χ0n) is 12.7. The summed E-state index contributed by atoms with van der Waals surface area (Å²) in [6.07, 6.45) is 3.55. The molecule has 112 valence electrons. The molecule has 1 amide bonds. The molecule has 2 rings (SSSR count). The summed E-state index contributed by atoms with van der Waals surface area (Å²) in [5, 5.41) is 12.0. The Balaban J connectivity index is 2.12. The third-order valence-corrected chi connectivity index (χ3v) is 4.48. The molecule has 0 atom stereocenters. The molecule has 0 aliphatic rings. The Hall–Kier alpha value is -2.38. The number of rotatable bonds is 5. The molecule has 0 saturated heterocycles. The molecule has 0 saturated carbocycles. The lowest BCUT2D eigenvalue weighted by Crippen LogP contribution is -2.13. The highest BCUT2D eigenvalue weighted by atomic mass is 32.1. The Morgan fingerprint density at radius 2 is 1.91 bits per heavy atom. The first-order valence-corrected chi connectivity index (χ1v) is 8.08. The lowest BCUT2D eigenvalue weighted by molar-refractivity contribution is -0.112. The van der Waals surface area contributed by atoms with Crippen molar-refractivity contribution in [3.63, 3.8) is 0 Å². The topological polar surface area (TPSA) is 52.9 Å². The van der Waals surface area contributed by atoms with E-state index >= 15 is 0 Å². The van der Waals surface area contributed by atoms with Gasteiger partial charge in [-0.1, -0.05) is 26.0 Å². The summed E-state index contributed by atoms with van der Waals surface area (Å²) >= 11 is 1.60. The highest BCUT2D eigenvalue weighted by Gasteiger charge is 2.10. The molecule has 0 fully saturated rings. The Kier molecular flexibility index (Phi) is 5.51. The second kappa shape index (κ2) is 7.58. The van der Waals surface area contributed by atoms with Crippen LogP contribution in [0.15, 0.2) is 42.0 Å². The number of nitrogens with zero attached hydrogens (tertiary/aromatic N) is 1. The largest absolute Gasteiger partial charge is 0.321 e. The summed E-state index contributed by atoms with van der Waals surface area (Å²) in [6, 6.07) is 13.6. The van der Waals surface area contributed by atoms with Crippen LogP contribution in [0.3, 0.4) is 0 Å². The minimum Gasteiger partial charge on any atom is -0.321 e. The maximum absolute atomic E-state index is 12.2. The predicted molar refractivity (Wildman–Crippen MR) is 91.7 cm³/mol. The fraction of sp³-hybridized carbons (Fsp3) is 0.222. The van der Waals surface area contributed by atoms with E-state index in [4.69, 9.17) is 0 Å². The molecule has 1 N–H and O–H groups in total. The first-order valence-electron chi connectivity index (χ1n) is 7.27. The second-order valence-corrected chi connectivity index (χ2v) is 6.03. The van der Waals surface area contributed by atoms with Gasteiger partial charge in [-0.15, -0.1) is 11.3 Å². The lowest BCUT2D eigenvalue weighted by Gasteiger charge is -2.05. The number of benzene rings is 1. The minimum absolute atomic E-state index is 0.115. The number of nitriles is 1. The number of carbonyl (C=O) groups is 1. The van der Waals surface area contributed by atoms with Gasteiger partial charge in [-0.2, -0.15) is 5.26 Å². The number of thiophene rings is 1. The van der Waals surface area contributed by atoms with Gasteiger partial charge in [0.15, 0.2) is 0 Å². The van der Waals surface area contributed by atoms with Crippen molar-refractivity contribution in [2.45, 2.75) is 26.7 Å². The van der Waals surface area contributed by atoms with Crippen molar-refractivity contribution < 1.29 is 4.79 Å². The zero-order valence-corrected chi connectivity index (χ0v) is 13.5. The van der Waals surface area contributed by atoms with Gasteiger partial charge in [0.05, 0.1) is 0 Å². The molecular formula is C18H18N2OS. The van der Waals surface area contributed by atoms with Gasteiger partial charge in [0.25, 0.3) is 5.91 Å². The summed E-state index contributed by atoms with van der Waals surface area (Å²) < 4.78 is 0. The van der Waals surface area contributed by atoms with Gasteiger partial charge < -0.3 is 5.32 Å². The molecule has 0 unspecified atom stereocenters. The van der Waals surface area contributed by atoms with E-state index < -0.39 is 0 Å². The molecule has 0 spiro atoms. The van der Waals surface area contributed by atoms with Crippen LogP contribution in [0.5, 0.6) is 0 Å². The molecule has 1 aromatic heterocycles. The average Bonchev–Trinajstić information content (AvgIpc) is 3.01. The molecule has 1 aromatic carbocycles. The number of aryl methyl sites for hydroxylation is 2. The number of nitrogens with one attached hydrogen (secondary N) is 1. The van der Waals surface area contributed by atoms with Gasteiger partial charge in [0.1, 0.15) is 11.6 Å². The van der Waals surface area contributed by atoms with Crippen LogP contribution in [-0.4, -0.2) is 5.91 Å². The van der Waals surface area contributed by atoms with E-state index in [0.717, 1.165) is 17.7 Å². The number of hydrogen-bond acceptors (Lipinski definition) is 3. The normalized spacial score (nSPS) is 11.0. The van der Waals surface area contributed by atoms with Crippen LogP contribution in [0.2, 0.25) is 0 Å². The van der Waals surface area contributed by atoms with E-state index in [0.29, 0.717) is 5.69 Å². The number of anilines is 1. The van der Waals surface area contributed by atoms with Crippen LogP contribution < -0.4 is 5.32 Å². The summed E-state index contributed by atoms with van der Waals surface area (Å²) in [6.45, 7) is 4.16. The summed E-state index contributed by atoms with van der Waals surface area (Å²) in [7, 11) is 0. The van der Waals surface area contributed by atoms with Crippen LogP contribution in [0.4, 0.5) is 5.69 Å². The molecule has 2 aromatic rings. The molecule has 0 bridgehead atoms. The Morgan fingerprint density at radius 3 is 2.45 bits per heavy atom. The van der Waals surface area contributed by atoms with E-state index in [2.05, 4.69) is 19.2 Å². The predicted octanol–water partition coefficient (Wildman–Crippen LogP) is 4.42. The molecular weight excluding hydrogens is 292 g/mol. The molecule has 4 heteroatoms. The van der Waals surface area contributed by atoms with Crippen molar-refractivity contribution in [1.29, 1.82) is 5.26 Å². The maximum atomic E-state index is 12.2. The van der Waals surface area contributed by atoms with E-state index in [9.17, 15) is 10.1 Å². The van der Waals surface area contributed by atoms with Gasteiger partial charge in [-0.05, 0) is 48.7 Å². The van der Waals surface area contributed by atoms with E-state index in [1.54, 1.807) is 17.4 Å². The van der Waals surface area contributed by atoms with E-state index in [1.807, 2.05) is 42.5 Å². The maximum Gasteiger partial charge on any atom is 0.266 e. The highest BCUT2D eigenvalue weighted by Crippen LogP contribution is 2.20. The zero-order chi connectivity index (χ0) is 15.9. The van der Waals surface area contributed by atoms with Crippen LogP contribution in [-0.2, 0) is 17.6 Å². The van der Waals surface area contributed by atoms with Gasteiger partial charge in [0.2, 0.25) is 0 Å². The summed E-state index contributed by atoms with van der Waals surface area (Å²) in [5.74, 6) is -0.377. The monoisotopic (exact) mass is 310 g/mol. The van der Waals surface area contributed by atoms with Gasteiger partial charge >= 0.3 is 0 Å². The first-order chi connectivity index (χ1) is 10.7. The van der Waals surface area contributed by atoms with Gasteiger partial charge in [-0.25, -0.2) is 0 Å². The lowest BCUT2D eigenvalue weighted by atomic mass is 10.1. The third-order valence-electron chi connectivity index (χ3n) is 3.30. The summed E-state index contributed by atoms with van der Waals surface area (Å²) in [4.78, 5) is 14.3. The molecule has 3 nitrogen and oxygen atoms in total. The van der Waals surface area contributed by atoms with E-state index in [-0.39, 0.29) is 11.5 Å². The summed E-state index contributed by atoms with van der Waals surface area (Å²) in [5.41, 5.74) is 2.02. The minimum atomic E-state index is -0.377. The molecule has 1 heterocycles. The Bertz CT molecular complexity index is 720. The van der Waals surface area contributed by atoms with Crippen molar-refractivity contribution in [3.8, 4) is 6.07 Å². The third kappa shape index (κ3) is 4.06. The molecule has 0 aliphatic heterocycles. The fourth-order valence-corrected chi connectivity index (χ4v) is 2.87. The standard InChI is InChI=1S/C18H18N2OS/c1-3-13-5-7-15(8-6-13)20-18(21)14(12-19)11-17-10-9-16(4-2)22-17/h5-11H,3-4H2,1-2H3,(H,20,21)/b14-11+. The van der Waals surface area contributed by atoms with Crippen molar-refractivity contribution >= 4 is 29.0 Å². The average molecular weight is 310 g/mol. The van der Waals surface area contributed by atoms with Crippen LogP contribution >= 0.6 is 11.3 Å². The smallest absolute Gasteiger partial charge is 0.266 e. The van der Waals surface area contributed by atoms with Crippen LogP contribution in [0.1, 0.15) is 29.2 Å². The first kappa shape index (κ1) is 16.0. The molecule has 22 heavy (non-hydrogen) atoms. The SMILES string of the molecule is CCc1ccc(NC(=O)/C(C#N)=C/c2ccc(CC)s2)cc1. The second-order valence-electron chi connectivity index (χ2n) is 4.83. The van der Waals surface area contributed by atoms with Gasteiger partial charge in [0, 0.05) is 15.4 Å². The molecule has 0 aliphatic carbocycles. The Morgan fingerprint density at radius 1 is 1.18 bits per heavy atom. The van der Waals surface area contributed by atoms with Crippen LogP contribution in [0.25, 0.3) is 6.08 Å². The number of amides is 1. The quantitative estimate of drug-likeness (QED) is 0.656. The van der Waals surface area contributed by atoms with Crippen molar-refractivity contribution in [3.05, 3.63) is 57.3 Å².